The van der Waals surface area contributed by atoms with Crippen LogP contribution < -0.4 is 4.74 Å². The minimum absolute atomic E-state index is 0.246. The SMILES string of the molecule is Cc1cc(C)c(OCC(O)CN2CC[C@H](O)C2)c(C)c1. The first-order valence-corrected chi connectivity index (χ1v) is 7.25. The Morgan fingerprint density at radius 2 is 1.95 bits per heavy atom. The Morgan fingerprint density at radius 1 is 1.30 bits per heavy atom. The summed E-state index contributed by atoms with van der Waals surface area (Å²) in [5.74, 6) is 0.871. The van der Waals surface area contributed by atoms with Crippen LogP contribution in [0.2, 0.25) is 0 Å². The van der Waals surface area contributed by atoms with Gasteiger partial charge in [0.25, 0.3) is 0 Å². The number of β-amino-alcohol motifs (C(OH)–C–C–N with tert-alkyl or cyclic N) is 2. The lowest BCUT2D eigenvalue weighted by atomic mass is 10.1. The molecule has 1 saturated heterocycles. The molecule has 0 bridgehead atoms. The number of hydrogen-bond donors (Lipinski definition) is 2. The monoisotopic (exact) mass is 279 g/mol. The summed E-state index contributed by atoms with van der Waals surface area (Å²) in [5, 5.41) is 19.5. The van der Waals surface area contributed by atoms with Gasteiger partial charge in [-0.1, -0.05) is 17.7 Å². The maximum absolute atomic E-state index is 10.0. The van der Waals surface area contributed by atoms with E-state index in [1.165, 1.54) is 5.56 Å². The van der Waals surface area contributed by atoms with Gasteiger partial charge >= 0.3 is 0 Å². The van der Waals surface area contributed by atoms with Crippen molar-refractivity contribution in [1.29, 1.82) is 0 Å². The number of likely N-dealkylation sites (tertiary alicyclic amines) is 1. The molecule has 1 aliphatic heterocycles. The Labute approximate surface area is 121 Å². The van der Waals surface area contributed by atoms with Crippen molar-refractivity contribution in [2.75, 3.05) is 26.2 Å². The molecule has 4 heteroatoms. The quantitative estimate of drug-likeness (QED) is 0.856. The third-order valence-electron chi connectivity index (χ3n) is 3.74. The fourth-order valence-corrected chi connectivity index (χ4v) is 2.90. The zero-order valence-electron chi connectivity index (χ0n) is 12.6. The van der Waals surface area contributed by atoms with Crippen LogP contribution in [-0.2, 0) is 0 Å². The number of benzene rings is 1. The molecule has 0 spiro atoms. The Kier molecular flexibility index (Phi) is 5.02. The summed E-state index contributed by atoms with van der Waals surface area (Å²) >= 11 is 0. The van der Waals surface area contributed by atoms with Gasteiger partial charge in [-0.25, -0.2) is 0 Å². The van der Waals surface area contributed by atoms with Gasteiger partial charge in [0.05, 0.1) is 6.10 Å². The summed E-state index contributed by atoms with van der Waals surface area (Å²) in [5.41, 5.74) is 3.43. The van der Waals surface area contributed by atoms with E-state index in [1.54, 1.807) is 0 Å². The number of aliphatic hydroxyl groups is 2. The van der Waals surface area contributed by atoms with Gasteiger partial charge in [-0.3, -0.25) is 4.90 Å². The van der Waals surface area contributed by atoms with Crippen LogP contribution in [0.4, 0.5) is 0 Å². The lowest BCUT2D eigenvalue weighted by Crippen LogP contribution is -2.34. The predicted molar refractivity (Wildman–Crippen MR) is 79.2 cm³/mol. The highest BCUT2D eigenvalue weighted by molar-refractivity contribution is 5.42. The van der Waals surface area contributed by atoms with Crippen LogP contribution in [-0.4, -0.2) is 53.6 Å². The van der Waals surface area contributed by atoms with Crippen LogP contribution in [0.3, 0.4) is 0 Å². The van der Waals surface area contributed by atoms with Gasteiger partial charge in [0.1, 0.15) is 18.5 Å². The molecule has 0 saturated carbocycles. The fraction of sp³-hybridized carbons (Fsp3) is 0.625. The van der Waals surface area contributed by atoms with Crippen molar-refractivity contribution in [1.82, 2.24) is 4.90 Å². The van der Waals surface area contributed by atoms with E-state index in [-0.39, 0.29) is 12.7 Å². The van der Waals surface area contributed by atoms with Crippen molar-refractivity contribution in [3.63, 3.8) is 0 Å². The molecule has 1 unspecified atom stereocenters. The average molecular weight is 279 g/mol. The third kappa shape index (κ3) is 3.95. The maximum Gasteiger partial charge on any atom is 0.125 e. The highest BCUT2D eigenvalue weighted by atomic mass is 16.5. The zero-order valence-corrected chi connectivity index (χ0v) is 12.6. The van der Waals surface area contributed by atoms with Gasteiger partial charge in [0.2, 0.25) is 0 Å². The van der Waals surface area contributed by atoms with E-state index < -0.39 is 6.10 Å². The first kappa shape index (κ1) is 15.3. The van der Waals surface area contributed by atoms with Crippen LogP contribution in [0, 0.1) is 20.8 Å². The Hall–Kier alpha value is -1.10. The Morgan fingerprint density at radius 3 is 2.50 bits per heavy atom. The molecule has 20 heavy (non-hydrogen) atoms. The van der Waals surface area contributed by atoms with Crippen molar-refractivity contribution < 1.29 is 14.9 Å². The van der Waals surface area contributed by atoms with Crippen molar-refractivity contribution in [2.24, 2.45) is 0 Å². The molecule has 0 amide bonds. The molecule has 1 fully saturated rings. The molecule has 1 aromatic rings. The highest BCUT2D eigenvalue weighted by Gasteiger charge is 2.22. The first-order valence-electron chi connectivity index (χ1n) is 7.25. The van der Waals surface area contributed by atoms with Crippen molar-refractivity contribution >= 4 is 0 Å². The number of hydrogen-bond acceptors (Lipinski definition) is 4. The van der Waals surface area contributed by atoms with Gasteiger partial charge in [-0.15, -0.1) is 0 Å². The summed E-state index contributed by atoms with van der Waals surface area (Å²) < 4.78 is 5.78. The molecule has 1 heterocycles. The Balaban J connectivity index is 1.85. The molecule has 0 aliphatic carbocycles. The minimum Gasteiger partial charge on any atom is -0.490 e. The summed E-state index contributed by atoms with van der Waals surface area (Å²) in [4.78, 5) is 2.08. The van der Waals surface area contributed by atoms with Crippen LogP contribution in [0.1, 0.15) is 23.1 Å². The second-order valence-corrected chi connectivity index (χ2v) is 5.89. The zero-order chi connectivity index (χ0) is 14.7. The van der Waals surface area contributed by atoms with Crippen LogP contribution >= 0.6 is 0 Å². The fourth-order valence-electron chi connectivity index (χ4n) is 2.90. The standard InChI is InChI=1S/C16H25NO3/c1-11-6-12(2)16(13(3)7-11)20-10-15(19)9-17-5-4-14(18)8-17/h6-7,14-15,18-19H,4-5,8-10H2,1-3H3/t14-,15?/m0/s1. The van der Waals surface area contributed by atoms with Gasteiger partial charge in [-0.05, 0) is 38.3 Å². The van der Waals surface area contributed by atoms with Gasteiger partial charge < -0.3 is 14.9 Å². The van der Waals surface area contributed by atoms with E-state index in [0.29, 0.717) is 13.1 Å². The van der Waals surface area contributed by atoms with Crippen LogP contribution in [0.15, 0.2) is 12.1 Å². The van der Waals surface area contributed by atoms with Gasteiger partial charge in [-0.2, -0.15) is 0 Å². The van der Waals surface area contributed by atoms with E-state index >= 15 is 0 Å². The lowest BCUT2D eigenvalue weighted by Gasteiger charge is -2.21. The van der Waals surface area contributed by atoms with Crippen LogP contribution in [0.25, 0.3) is 0 Å². The summed E-state index contributed by atoms with van der Waals surface area (Å²) in [7, 11) is 0. The normalized spacial score (nSPS) is 21.1. The molecule has 2 N–H and O–H groups in total. The molecule has 1 aliphatic rings. The van der Waals surface area contributed by atoms with Crippen molar-refractivity contribution in [2.45, 2.75) is 39.4 Å². The molecule has 2 atom stereocenters. The first-order chi connectivity index (χ1) is 9.45. The van der Waals surface area contributed by atoms with Crippen molar-refractivity contribution in [3.05, 3.63) is 28.8 Å². The topological polar surface area (TPSA) is 52.9 Å². The molecule has 4 nitrogen and oxygen atoms in total. The average Bonchev–Trinajstić information content (AvgIpc) is 2.73. The van der Waals surface area contributed by atoms with Crippen molar-refractivity contribution in [3.8, 4) is 5.75 Å². The second kappa shape index (κ2) is 6.57. The van der Waals surface area contributed by atoms with E-state index in [2.05, 4.69) is 24.0 Å². The molecule has 1 aromatic carbocycles. The molecular weight excluding hydrogens is 254 g/mol. The van der Waals surface area contributed by atoms with E-state index in [9.17, 15) is 10.2 Å². The number of aryl methyl sites for hydroxylation is 3. The van der Waals surface area contributed by atoms with Gasteiger partial charge in [0, 0.05) is 19.6 Å². The smallest absolute Gasteiger partial charge is 0.125 e. The predicted octanol–water partition coefficient (Wildman–Crippen LogP) is 1.42. The summed E-state index contributed by atoms with van der Waals surface area (Å²) in [6.45, 7) is 8.47. The second-order valence-electron chi connectivity index (χ2n) is 5.89. The highest BCUT2D eigenvalue weighted by Crippen LogP contribution is 2.24. The lowest BCUT2D eigenvalue weighted by molar-refractivity contribution is 0.0703. The number of ether oxygens (including phenoxy) is 1. The maximum atomic E-state index is 10.0. The van der Waals surface area contributed by atoms with E-state index in [4.69, 9.17) is 4.74 Å². The van der Waals surface area contributed by atoms with E-state index in [0.717, 1.165) is 29.8 Å². The summed E-state index contributed by atoms with van der Waals surface area (Å²) in [6, 6.07) is 4.18. The largest absolute Gasteiger partial charge is 0.490 e. The number of aliphatic hydroxyl groups excluding tert-OH is 2. The van der Waals surface area contributed by atoms with Crippen LogP contribution in [0.5, 0.6) is 5.75 Å². The molecule has 112 valence electrons. The molecular formula is C16H25NO3. The van der Waals surface area contributed by atoms with Gasteiger partial charge in [0.15, 0.2) is 0 Å². The summed E-state index contributed by atoms with van der Waals surface area (Å²) in [6.07, 6.45) is 0.0223. The minimum atomic E-state index is -0.527. The number of rotatable bonds is 5. The molecule has 0 radical (unpaired) electrons. The number of nitrogens with zero attached hydrogens (tertiary/aromatic N) is 1. The third-order valence-corrected chi connectivity index (χ3v) is 3.74. The molecule has 2 rings (SSSR count). The molecule has 0 aromatic heterocycles. The van der Waals surface area contributed by atoms with E-state index in [1.807, 2.05) is 13.8 Å². The Bertz CT molecular complexity index is 438.